The van der Waals surface area contributed by atoms with Crippen molar-refractivity contribution in [2.45, 2.75) is 19.5 Å². The fraction of sp³-hybridized carbons (Fsp3) is 0.174. The van der Waals surface area contributed by atoms with E-state index in [1.165, 1.54) is 5.56 Å². The van der Waals surface area contributed by atoms with Gasteiger partial charge in [0.1, 0.15) is 6.04 Å². The molecule has 1 atom stereocenters. The second-order valence-electron chi connectivity index (χ2n) is 6.88. The first kappa shape index (κ1) is 17.2. The van der Waals surface area contributed by atoms with E-state index in [1.54, 1.807) is 4.90 Å². The van der Waals surface area contributed by atoms with Gasteiger partial charge in [-0.3, -0.25) is 4.79 Å². The number of rotatable bonds is 4. The number of carbonyl (C=O) groups excluding carboxylic acids is 1. The van der Waals surface area contributed by atoms with Crippen molar-refractivity contribution in [1.82, 2.24) is 0 Å². The van der Waals surface area contributed by atoms with Crippen LogP contribution in [0.25, 0.3) is 0 Å². The summed E-state index contributed by atoms with van der Waals surface area (Å²) in [7, 11) is 1.85. The molecule has 1 amide bonds. The molecule has 4 heteroatoms. The molecule has 0 saturated heterocycles. The third-order valence-electron chi connectivity index (χ3n) is 5.06. The topological polar surface area (TPSA) is 35.6 Å². The Morgan fingerprint density at radius 1 is 0.852 bits per heavy atom. The molecule has 1 aliphatic heterocycles. The molecule has 0 radical (unpaired) electrons. The van der Waals surface area contributed by atoms with Gasteiger partial charge in [0.2, 0.25) is 5.91 Å². The van der Waals surface area contributed by atoms with Gasteiger partial charge in [0.05, 0.1) is 11.4 Å². The summed E-state index contributed by atoms with van der Waals surface area (Å²) < 4.78 is 0. The zero-order valence-corrected chi connectivity index (χ0v) is 15.6. The van der Waals surface area contributed by atoms with E-state index in [1.807, 2.05) is 74.6 Å². The Morgan fingerprint density at radius 2 is 1.52 bits per heavy atom. The average molecular weight is 357 g/mol. The molecule has 27 heavy (non-hydrogen) atoms. The SMILES string of the molecule is C[C@@H]1C(=O)N(C)c2ccc(Nc3ccccc3)cc2N1Cc1ccccc1. The monoisotopic (exact) mass is 357 g/mol. The van der Waals surface area contributed by atoms with E-state index in [0.717, 1.165) is 22.7 Å². The second kappa shape index (κ2) is 7.16. The van der Waals surface area contributed by atoms with E-state index < -0.39 is 0 Å². The minimum absolute atomic E-state index is 0.113. The largest absolute Gasteiger partial charge is 0.355 e. The molecule has 0 fully saturated rings. The molecule has 0 bridgehead atoms. The quantitative estimate of drug-likeness (QED) is 0.728. The van der Waals surface area contributed by atoms with Crippen molar-refractivity contribution < 1.29 is 4.79 Å². The molecule has 0 aromatic heterocycles. The Kier molecular flexibility index (Phi) is 4.55. The highest BCUT2D eigenvalue weighted by molar-refractivity contribution is 6.05. The molecular formula is C23H23N3O. The molecule has 1 aliphatic rings. The highest BCUT2D eigenvalue weighted by Gasteiger charge is 2.33. The zero-order valence-electron chi connectivity index (χ0n) is 15.6. The minimum Gasteiger partial charge on any atom is -0.355 e. The standard InChI is InChI=1S/C23H23N3O/c1-17-23(27)25(2)21-14-13-20(24-19-11-7-4-8-12-19)15-22(21)26(17)16-18-9-5-3-6-10-18/h3-15,17,24H,16H2,1-2H3/t17-/m1/s1. The molecule has 1 heterocycles. The van der Waals surface area contributed by atoms with Crippen LogP contribution in [0.3, 0.4) is 0 Å². The van der Waals surface area contributed by atoms with E-state index in [0.29, 0.717) is 6.54 Å². The third kappa shape index (κ3) is 3.38. The molecular weight excluding hydrogens is 334 g/mol. The summed E-state index contributed by atoms with van der Waals surface area (Å²) in [4.78, 5) is 16.7. The third-order valence-corrected chi connectivity index (χ3v) is 5.06. The summed E-state index contributed by atoms with van der Waals surface area (Å²) in [6, 6.07) is 26.3. The highest BCUT2D eigenvalue weighted by Crippen LogP contribution is 2.38. The van der Waals surface area contributed by atoms with Crippen LogP contribution >= 0.6 is 0 Å². The predicted molar refractivity (Wildman–Crippen MR) is 112 cm³/mol. The van der Waals surface area contributed by atoms with Crippen molar-refractivity contribution in [3.8, 4) is 0 Å². The first-order chi connectivity index (χ1) is 13.1. The first-order valence-corrected chi connectivity index (χ1v) is 9.18. The van der Waals surface area contributed by atoms with Crippen LogP contribution in [-0.4, -0.2) is 19.0 Å². The number of anilines is 4. The summed E-state index contributed by atoms with van der Waals surface area (Å²) in [5.74, 6) is 0.113. The van der Waals surface area contributed by atoms with Gasteiger partial charge < -0.3 is 15.1 Å². The van der Waals surface area contributed by atoms with Gasteiger partial charge in [-0.1, -0.05) is 48.5 Å². The van der Waals surface area contributed by atoms with E-state index in [9.17, 15) is 4.79 Å². The van der Waals surface area contributed by atoms with Gasteiger partial charge in [-0.25, -0.2) is 0 Å². The normalized spacial score (nSPS) is 16.2. The van der Waals surface area contributed by atoms with Crippen LogP contribution in [0.1, 0.15) is 12.5 Å². The number of hydrogen-bond donors (Lipinski definition) is 1. The van der Waals surface area contributed by atoms with Crippen LogP contribution < -0.4 is 15.1 Å². The Hall–Kier alpha value is -3.27. The molecule has 0 saturated carbocycles. The Balaban J connectivity index is 1.71. The number of amides is 1. The summed E-state index contributed by atoms with van der Waals surface area (Å²) in [5, 5.41) is 3.45. The maximum absolute atomic E-state index is 12.7. The van der Waals surface area contributed by atoms with E-state index >= 15 is 0 Å². The first-order valence-electron chi connectivity index (χ1n) is 9.18. The van der Waals surface area contributed by atoms with Crippen LogP contribution in [0, 0.1) is 0 Å². The molecule has 0 spiro atoms. The molecule has 3 aromatic rings. The van der Waals surface area contributed by atoms with Crippen LogP contribution in [-0.2, 0) is 11.3 Å². The van der Waals surface area contributed by atoms with Crippen molar-refractivity contribution in [2.24, 2.45) is 0 Å². The Morgan fingerprint density at radius 3 is 2.22 bits per heavy atom. The van der Waals surface area contributed by atoms with E-state index in [2.05, 4.69) is 28.4 Å². The fourth-order valence-corrected chi connectivity index (χ4v) is 3.55. The van der Waals surface area contributed by atoms with Crippen molar-refractivity contribution in [2.75, 3.05) is 22.2 Å². The van der Waals surface area contributed by atoms with Crippen molar-refractivity contribution in [3.63, 3.8) is 0 Å². The van der Waals surface area contributed by atoms with Gasteiger partial charge in [0, 0.05) is 25.0 Å². The number of para-hydroxylation sites is 1. The number of hydrogen-bond acceptors (Lipinski definition) is 3. The Bertz CT molecular complexity index is 940. The lowest BCUT2D eigenvalue weighted by atomic mass is 10.0. The summed E-state index contributed by atoms with van der Waals surface area (Å²) in [6.07, 6.45) is 0. The number of nitrogens with one attached hydrogen (secondary N) is 1. The van der Waals surface area contributed by atoms with Gasteiger partial charge >= 0.3 is 0 Å². The maximum Gasteiger partial charge on any atom is 0.249 e. The molecule has 3 aromatic carbocycles. The van der Waals surface area contributed by atoms with Gasteiger partial charge in [-0.2, -0.15) is 0 Å². The number of benzene rings is 3. The maximum atomic E-state index is 12.7. The number of likely N-dealkylation sites (N-methyl/N-ethyl adjacent to an activating group) is 1. The van der Waals surface area contributed by atoms with E-state index in [-0.39, 0.29) is 11.9 Å². The Labute approximate surface area is 160 Å². The van der Waals surface area contributed by atoms with Gasteiger partial charge in [0.25, 0.3) is 0 Å². The lowest BCUT2D eigenvalue weighted by Crippen LogP contribution is -2.50. The molecule has 136 valence electrons. The molecule has 0 unspecified atom stereocenters. The van der Waals surface area contributed by atoms with Gasteiger partial charge in [0.15, 0.2) is 0 Å². The van der Waals surface area contributed by atoms with Crippen LogP contribution in [0.2, 0.25) is 0 Å². The van der Waals surface area contributed by atoms with Gasteiger partial charge in [-0.15, -0.1) is 0 Å². The average Bonchev–Trinajstić information content (AvgIpc) is 2.71. The van der Waals surface area contributed by atoms with Crippen molar-refractivity contribution in [3.05, 3.63) is 84.4 Å². The smallest absolute Gasteiger partial charge is 0.249 e. The number of fused-ring (bicyclic) bond motifs is 1. The summed E-state index contributed by atoms with van der Waals surface area (Å²) in [6.45, 7) is 2.67. The van der Waals surface area contributed by atoms with Crippen LogP contribution in [0.4, 0.5) is 22.7 Å². The number of nitrogens with zero attached hydrogens (tertiary/aromatic N) is 2. The molecule has 4 rings (SSSR count). The fourth-order valence-electron chi connectivity index (χ4n) is 3.55. The zero-order chi connectivity index (χ0) is 18.8. The lowest BCUT2D eigenvalue weighted by molar-refractivity contribution is -0.119. The molecule has 1 N–H and O–H groups in total. The lowest BCUT2D eigenvalue weighted by Gasteiger charge is -2.40. The van der Waals surface area contributed by atoms with Crippen LogP contribution in [0.5, 0.6) is 0 Å². The highest BCUT2D eigenvalue weighted by atomic mass is 16.2. The second-order valence-corrected chi connectivity index (χ2v) is 6.88. The van der Waals surface area contributed by atoms with Gasteiger partial charge in [-0.05, 0) is 42.8 Å². The predicted octanol–water partition coefficient (Wildman–Crippen LogP) is 4.80. The minimum atomic E-state index is -0.213. The van der Waals surface area contributed by atoms with Crippen molar-refractivity contribution >= 4 is 28.7 Å². The molecule has 0 aliphatic carbocycles. The van der Waals surface area contributed by atoms with Crippen LogP contribution in [0.15, 0.2) is 78.9 Å². The molecule has 4 nitrogen and oxygen atoms in total. The van der Waals surface area contributed by atoms with E-state index in [4.69, 9.17) is 0 Å². The summed E-state index contributed by atoms with van der Waals surface area (Å²) in [5.41, 5.74) is 5.24. The number of carbonyl (C=O) groups is 1. The van der Waals surface area contributed by atoms with Crippen molar-refractivity contribution in [1.29, 1.82) is 0 Å². The summed E-state index contributed by atoms with van der Waals surface area (Å²) >= 11 is 0.